The Balaban J connectivity index is 1.97. The van der Waals surface area contributed by atoms with Crippen LogP contribution in [0.4, 0.5) is 0 Å². The third-order valence-electron chi connectivity index (χ3n) is 5.33. The molecule has 0 saturated heterocycles. The average Bonchev–Trinajstić information content (AvgIpc) is 3.37. The Morgan fingerprint density at radius 2 is 1.97 bits per heavy atom. The zero-order valence-electron chi connectivity index (χ0n) is 17.5. The molecule has 0 radical (unpaired) electrons. The van der Waals surface area contributed by atoms with Crippen LogP contribution in [0.25, 0.3) is 6.08 Å². The fourth-order valence-corrected chi connectivity index (χ4v) is 5.06. The summed E-state index contributed by atoms with van der Waals surface area (Å²) in [6.45, 7) is 6.92. The Kier molecular flexibility index (Phi) is 6.11. The van der Waals surface area contributed by atoms with Gasteiger partial charge in [-0.15, -0.1) is 0 Å². The van der Waals surface area contributed by atoms with Crippen LogP contribution in [0.1, 0.15) is 37.9 Å². The van der Waals surface area contributed by atoms with Gasteiger partial charge >= 0.3 is 0 Å². The van der Waals surface area contributed by atoms with Gasteiger partial charge in [-0.2, -0.15) is 0 Å². The van der Waals surface area contributed by atoms with E-state index in [4.69, 9.17) is 4.42 Å². The lowest BCUT2D eigenvalue weighted by atomic mass is 9.94. The molecule has 1 amide bonds. The number of halogens is 1. The second-order valence-corrected chi connectivity index (χ2v) is 9.09. The van der Waals surface area contributed by atoms with Crippen LogP contribution in [0, 0.1) is 0 Å². The molecular weight excluding hydrogens is 478 g/mol. The SMILES string of the molecule is CCN(CC)C(=O)C1=C(C)N=c2s/c(=C/c3ccoc3)c(=O)n2[C@@H]1c1ccc(Br)cc1. The predicted octanol–water partition coefficient (Wildman–Crippen LogP) is 3.46. The smallest absolute Gasteiger partial charge is 0.271 e. The largest absolute Gasteiger partial charge is 0.472 e. The Morgan fingerprint density at radius 1 is 1.26 bits per heavy atom. The van der Waals surface area contributed by atoms with E-state index in [1.807, 2.05) is 45.0 Å². The number of furan rings is 1. The van der Waals surface area contributed by atoms with Gasteiger partial charge in [0.05, 0.1) is 34.4 Å². The van der Waals surface area contributed by atoms with E-state index in [0.717, 1.165) is 15.6 Å². The van der Waals surface area contributed by atoms with Crippen molar-refractivity contribution in [3.05, 3.63) is 89.4 Å². The molecule has 3 aromatic rings. The molecule has 1 aliphatic heterocycles. The van der Waals surface area contributed by atoms with Crippen molar-refractivity contribution in [1.29, 1.82) is 0 Å². The molecule has 0 saturated carbocycles. The first-order valence-corrected chi connectivity index (χ1v) is 11.6. The number of hydrogen-bond acceptors (Lipinski definition) is 5. The predicted molar refractivity (Wildman–Crippen MR) is 125 cm³/mol. The van der Waals surface area contributed by atoms with Crippen LogP contribution < -0.4 is 14.9 Å². The van der Waals surface area contributed by atoms with Crippen LogP contribution in [-0.4, -0.2) is 28.5 Å². The van der Waals surface area contributed by atoms with Gasteiger partial charge in [-0.3, -0.25) is 14.2 Å². The molecule has 0 unspecified atom stereocenters. The lowest BCUT2D eigenvalue weighted by molar-refractivity contribution is -0.127. The summed E-state index contributed by atoms with van der Waals surface area (Å²) in [6, 6.07) is 8.98. The number of fused-ring (bicyclic) bond motifs is 1. The molecule has 8 heteroatoms. The van der Waals surface area contributed by atoms with Gasteiger partial charge in [0.2, 0.25) is 0 Å². The van der Waals surface area contributed by atoms with Crippen molar-refractivity contribution in [1.82, 2.24) is 9.47 Å². The van der Waals surface area contributed by atoms with Gasteiger partial charge in [-0.1, -0.05) is 39.4 Å². The van der Waals surface area contributed by atoms with Crippen LogP contribution in [0.5, 0.6) is 0 Å². The van der Waals surface area contributed by atoms with E-state index in [1.54, 1.807) is 34.1 Å². The van der Waals surface area contributed by atoms with E-state index in [1.165, 1.54) is 11.3 Å². The summed E-state index contributed by atoms with van der Waals surface area (Å²) in [5.74, 6) is -0.0942. The zero-order valence-corrected chi connectivity index (χ0v) is 19.9. The van der Waals surface area contributed by atoms with Crippen molar-refractivity contribution < 1.29 is 9.21 Å². The van der Waals surface area contributed by atoms with E-state index < -0.39 is 6.04 Å². The van der Waals surface area contributed by atoms with Crippen LogP contribution in [-0.2, 0) is 4.79 Å². The highest BCUT2D eigenvalue weighted by atomic mass is 79.9. The number of allylic oxidation sites excluding steroid dienone is 1. The average molecular weight is 500 g/mol. The first-order chi connectivity index (χ1) is 14.9. The number of hydrogen-bond donors (Lipinski definition) is 0. The van der Waals surface area contributed by atoms with Gasteiger partial charge in [0.1, 0.15) is 0 Å². The molecule has 2 aromatic heterocycles. The first-order valence-electron chi connectivity index (χ1n) is 10.0. The second-order valence-electron chi connectivity index (χ2n) is 7.17. The Hall–Kier alpha value is -2.71. The van der Waals surface area contributed by atoms with E-state index in [2.05, 4.69) is 20.9 Å². The maximum absolute atomic E-state index is 13.5. The van der Waals surface area contributed by atoms with Gasteiger partial charge in [0.15, 0.2) is 4.80 Å². The Morgan fingerprint density at radius 3 is 2.58 bits per heavy atom. The zero-order chi connectivity index (χ0) is 22.1. The van der Waals surface area contributed by atoms with Crippen LogP contribution in [0.2, 0.25) is 0 Å². The van der Waals surface area contributed by atoms with Crippen LogP contribution in [0.3, 0.4) is 0 Å². The van der Waals surface area contributed by atoms with Crippen molar-refractivity contribution in [3.8, 4) is 0 Å². The minimum Gasteiger partial charge on any atom is -0.472 e. The lowest BCUT2D eigenvalue weighted by Crippen LogP contribution is -2.43. The van der Waals surface area contributed by atoms with Gasteiger partial charge in [-0.05, 0) is 50.6 Å². The van der Waals surface area contributed by atoms with E-state index in [0.29, 0.717) is 33.7 Å². The molecule has 0 bridgehead atoms. The molecule has 4 rings (SSSR count). The summed E-state index contributed by atoms with van der Waals surface area (Å²) in [6.07, 6.45) is 4.95. The molecule has 1 aromatic carbocycles. The van der Waals surface area contributed by atoms with Gasteiger partial charge < -0.3 is 9.32 Å². The van der Waals surface area contributed by atoms with E-state index in [-0.39, 0.29) is 11.5 Å². The number of likely N-dealkylation sites (N-methyl/N-ethyl adjacent to an activating group) is 1. The number of aromatic nitrogens is 1. The van der Waals surface area contributed by atoms with Crippen molar-refractivity contribution in [2.75, 3.05) is 13.1 Å². The van der Waals surface area contributed by atoms with Crippen molar-refractivity contribution in [3.63, 3.8) is 0 Å². The minimum atomic E-state index is -0.538. The maximum Gasteiger partial charge on any atom is 0.271 e. The molecule has 0 aliphatic carbocycles. The first kappa shape index (κ1) is 21.5. The van der Waals surface area contributed by atoms with Crippen molar-refractivity contribution in [2.45, 2.75) is 26.8 Å². The number of amides is 1. The van der Waals surface area contributed by atoms with Crippen molar-refractivity contribution in [2.24, 2.45) is 4.99 Å². The fraction of sp³-hybridized carbons (Fsp3) is 0.261. The highest BCUT2D eigenvalue weighted by Crippen LogP contribution is 2.31. The number of carbonyl (C=O) groups excluding carboxylic acids is 1. The molecular formula is C23H22BrN3O3S. The van der Waals surface area contributed by atoms with E-state index >= 15 is 0 Å². The molecule has 31 heavy (non-hydrogen) atoms. The highest BCUT2D eigenvalue weighted by Gasteiger charge is 2.34. The van der Waals surface area contributed by atoms with Crippen LogP contribution >= 0.6 is 27.3 Å². The number of nitrogens with zero attached hydrogens (tertiary/aromatic N) is 3. The monoisotopic (exact) mass is 499 g/mol. The normalized spacial score (nSPS) is 16.3. The second kappa shape index (κ2) is 8.80. The molecule has 0 N–H and O–H groups in total. The van der Waals surface area contributed by atoms with Gasteiger partial charge in [0.25, 0.3) is 11.5 Å². The quantitative estimate of drug-likeness (QED) is 0.539. The lowest BCUT2D eigenvalue weighted by Gasteiger charge is -2.29. The molecule has 160 valence electrons. The number of carbonyl (C=O) groups is 1. The molecule has 1 atom stereocenters. The maximum atomic E-state index is 13.5. The molecule has 3 heterocycles. The summed E-state index contributed by atoms with van der Waals surface area (Å²) in [5.41, 5.74) is 2.68. The Labute approximate surface area is 192 Å². The minimum absolute atomic E-state index is 0.0942. The number of benzene rings is 1. The molecule has 0 spiro atoms. The summed E-state index contributed by atoms with van der Waals surface area (Å²) < 4.78 is 8.25. The summed E-state index contributed by atoms with van der Waals surface area (Å²) in [7, 11) is 0. The fourth-order valence-electron chi connectivity index (χ4n) is 3.75. The third kappa shape index (κ3) is 3.97. The summed E-state index contributed by atoms with van der Waals surface area (Å²) in [4.78, 5) is 34.0. The third-order valence-corrected chi connectivity index (χ3v) is 6.84. The number of rotatable bonds is 5. The molecule has 6 nitrogen and oxygen atoms in total. The Bertz CT molecular complexity index is 1310. The summed E-state index contributed by atoms with van der Waals surface area (Å²) >= 11 is 4.79. The standard InChI is InChI=1S/C23H22BrN3O3S/c1-4-26(5-2)22(29)19-14(3)25-23-27(20(19)16-6-8-17(24)9-7-16)21(28)18(31-23)12-15-10-11-30-13-15/h6-13,20H,4-5H2,1-3H3/b18-12+/t20-/m1/s1. The number of thiazole rings is 1. The van der Waals surface area contributed by atoms with Crippen molar-refractivity contribution >= 4 is 39.2 Å². The van der Waals surface area contributed by atoms with Gasteiger partial charge in [0, 0.05) is 23.1 Å². The van der Waals surface area contributed by atoms with Crippen LogP contribution in [0.15, 0.2) is 72.8 Å². The molecule has 1 aliphatic rings. The topological polar surface area (TPSA) is 67.8 Å². The highest BCUT2D eigenvalue weighted by molar-refractivity contribution is 9.10. The molecule has 0 fully saturated rings. The summed E-state index contributed by atoms with van der Waals surface area (Å²) in [5, 5.41) is 0. The van der Waals surface area contributed by atoms with Gasteiger partial charge in [-0.25, -0.2) is 4.99 Å². The van der Waals surface area contributed by atoms with E-state index in [9.17, 15) is 9.59 Å².